The van der Waals surface area contributed by atoms with Crippen LogP contribution < -0.4 is 5.73 Å². The highest BCUT2D eigenvalue weighted by molar-refractivity contribution is 7.89. The van der Waals surface area contributed by atoms with Crippen molar-refractivity contribution in [3.05, 3.63) is 0 Å². The van der Waals surface area contributed by atoms with Gasteiger partial charge in [-0.2, -0.15) is 0 Å². The third-order valence-electron chi connectivity index (χ3n) is 3.46. The Balaban J connectivity index is 2.79. The van der Waals surface area contributed by atoms with Crippen molar-refractivity contribution in [3.63, 3.8) is 0 Å². The highest BCUT2D eigenvalue weighted by Gasteiger charge is 2.35. The minimum Gasteiger partial charge on any atom is -0.381 e. The van der Waals surface area contributed by atoms with Crippen LogP contribution in [0.15, 0.2) is 0 Å². The van der Waals surface area contributed by atoms with E-state index in [9.17, 15) is 8.42 Å². The lowest BCUT2D eigenvalue weighted by molar-refractivity contribution is 0.0968. The predicted octanol–water partition coefficient (Wildman–Crippen LogP) is 0.802. The van der Waals surface area contributed by atoms with Crippen molar-refractivity contribution in [3.8, 4) is 0 Å². The van der Waals surface area contributed by atoms with Crippen molar-refractivity contribution >= 4 is 10.0 Å². The zero-order valence-corrected chi connectivity index (χ0v) is 12.5. The van der Waals surface area contributed by atoms with Crippen LogP contribution in [0.3, 0.4) is 0 Å². The number of nitrogens with zero attached hydrogens (tertiary/aromatic N) is 1. The average molecular weight is 278 g/mol. The van der Waals surface area contributed by atoms with Crippen LogP contribution >= 0.6 is 0 Å². The molecule has 5 nitrogen and oxygen atoms in total. The van der Waals surface area contributed by atoms with Crippen molar-refractivity contribution in [2.45, 2.75) is 38.9 Å². The standard InChI is InChI=1S/C12H26N2O3S/c1-4-14(10-12(2,3)9-13)18(15,16)11-5-7-17-8-6-11/h11H,4-10,13H2,1-3H3. The molecule has 1 aliphatic rings. The molecule has 108 valence electrons. The first-order chi connectivity index (χ1) is 8.33. The van der Waals surface area contributed by atoms with E-state index >= 15 is 0 Å². The Morgan fingerprint density at radius 3 is 2.33 bits per heavy atom. The number of hydrogen-bond donors (Lipinski definition) is 1. The van der Waals surface area contributed by atoms with Gasteiger partial charge in [0, 0.05) is 26.3 Å². The molecule has 1 aliphatic heterocycles. The maximum absolute atomic E-state index is 12.5. The van der Waals surface area contributed by atoms with Gasteiger partial charge in [0.05, 0.1) is 5.25 Å². The van der Waals surface area contributed by atoms with Gasteiger partial charge in [-0.05, 0) is 24.8 Å². The lowest BCUT2D eigenvalue weighted by atomic mass is 9.94. The summed E-state index contributed by atoms with van der Waals surface area (Å²) in [6, 6.07) is 0. The van der Waals surface area contributed by atoms with Crippen molar-refractivity contribution in [1.82, 2.24) is 4.31 Å². The Morgan fingerprint density at radius 2 is 1.89 bits per heavy atom. The summed E-state index contributed by atoms with van der Waals surface area (Å²) in [7, 11) is -3.22. The molecule has 6 heteroatoms. The molecule has 1 fully saturated rings. The summed E-state index contributed by atoms with van der Waals surface area (Å²) in [5.74, 6) is 0. The Hall–Kier alpha value is -0.170. The van der Waals surface area contributed by atoms with E-state index in [1.54, 1.807) is 4.31 Å². The molecule has 1 saturated heterocycles. The van der Waals surface area contributed by atoms with Gasteiger partial charge in [0.2, 0.25) is 10.0 Å². The monoisotopic (exact) mass is 278 g/mol. The zero-order chi connectivity index (χ0) is 13.8. The molecule has 0 unspecified atom stereocenters. The Labute approximate surface area is 111 Å². The molecule has 0 saturated carbocycles. The molecule has 0 atom stereocenters. The van der Waals surface area contributed by atoms with E-state index in [1.807, 2.05) is 20.8 Å². The quantitative estimate of drug-likeness (QED) is 0.780. The summed E-state index contributed by atoms with van der Waals surface area (Å²) < 4.78 is 31.9. The molecule has 18 heavy (non-hydrogen) atoms. The summed E-state index contributed by atoms with van der Waals surface area (Å²) in [5, 5.41) is -0.292. The van der Waals surface area contributed by atoms with Crippen LogP contribution in [0.1, 0.15) is 33.6 Å². The van der Waals surface area contributed by atoms with Gasteiger partial charge in [-0.1, -0.05) is 20.8 Å². The predicted molar refractivity (Wildman–Crippen MR) is 72.8 cm³/mol. The van der Waals surface area contributed by atoms with Gasteiger partial charge in [0.15, 0.2) is 0 Å². The molecular weight excluding hydrogens is 252 g/mol. The number of ether oxygens (including phenoxy) is 1. The molecular formula is C12H26N2O3S. The maximum Gasteiger partial charge on any atom is 0.217 e. The fourth-order valence-corrected chi connectivity index (χ4v) is 4.21. The molecule has 2 N–H and O–H groups in total. The SMILES string of the molecule is CCN(CC(C)(C)CN)S(=O)(=O)C1CCOCC1. The zero-order valence-electron chi connectivity index (χ0n) is 11.7. The summed E-state index contributed by atoms with van der Waals surface area (Å²) in [6.45, 7) is 8.42. The molecule has 0 aromatic carbocycles. The van der Waals surface area contributed by atoms with E-state index in [4.69, 9.17) is 10.5 Å². The lowest BCUT2D eigenvalue weighted by Gasteiger charge is -2.34. The second-order valence-corrected chi connectivity index (χ2v) is 7.86. The third kappa shape index (κ3) is 3.91. The van der Waals surface area contributed by atoms with Gasteiger partial charge >= 0.3 is 0 Å². The van der Waals surface area contributed by atoms with Crippen LogP contribution in [0.2, 0.25) is 0 Å². The fraction of sp³-hybridized carbons (Fsp3) is 1.00. The van der Waals surface area contributed by atoms with E-state index < -0.39 is 10.0 Å². The van der Waals surface area contributed by atoms with Crippen LogP contribution in [0, 0.1) is 5.41 Å². The van der Waals surface area contributed by atoms with E-state index in [1.165, 1.54) is 0 Å². The number of rotatable bonds is 6. The van der Waals surface area contributed by atoms with Gasteiger partial charge < -0.3 is 10.5 Å². The minimum absolute atomic E-state index is 0.186. The van der Waals surface area contributed by atoms with Crippen molar-refractivity contribution in [2.75, 3.05) is 32.8 Å². The number of nitrogens with two attached hydrogens (primary N) is 1. The van der Waals surface area contributed by atoms with Gasteiger partial charge in [-0.3, -0.25) is 0 Å². The molecule has 1 rings (SSSR count). The normalized spacial score (nSPS) is 19.4. The summed E-state index contributed by atoms with van der Waals surface area (Å²) in [6.07, 6.45) is 1.20. The van der Waals surface area contributed by atoms with Crippen LogP contribution in [0.4, 0.5) is 0 Å². The van der Waals surface area contributed by atoms with Gasteiger partial charge in [-0.25, -0.2) is 12.7 Å². The highest BCUT2D eigenvalue weighted by atomic mass is 32.2. The van der Waals surface area contributed by atoms with E-state index in [2.05, 4.69) is 0 Å². The number of sulfonamides is 1. The summed E-state index contributed by atoms with van der Waals surface area (Å²) >= 11 is 0. The second-order valence-electron chi connectivity index (χ2n) is 5.65. The largest absolute Gasteiger partial charge is 0.381 e. The minimum atomic E-state index is -3.22. The molecule has 0 spiro atoms. The maximum atomic E-state index is 12.5. The highest BCUT2D eigenvalue weighted by Crippen LogP contribution is 2.23. The Morgan fingerprint density at radius 1 is 1.33 bits per heavy atom. The molecule has 0 radical (unpaired) electrons. The van der Waals surface area contributed by atoms with Crippen molar-refractivity contribution in [2.24, 2.45) is 11.1 Å². The van der Waals surface area contributed by atoms with Crippen molar-refractivity contribution < 1.29 is 13.2 Å². The van der Waals surface area contributed by atoms with Crippen LogP contribution in [0.5, 0.6) is 0 Å². The second kappa shape index (κ2) is 6.32. The van der Waals surface area contributed by atoms with E-state index in [0.29, 0.717) is 45.7 Å². The molecule has 0 aromatic heterocycles. The first kappa shape index (κ1) is 15.9. The smallest absolute Gasteiger partial charge is 0.217 e. The summed E-state index contributed by atoms with van der Waals surface area (Å²) in [4.78, 5) is 0. The fourth-order valence-electron chi connectivity index (χ4n) is 2.11. The van der Waals surface area contributed by atoms with E-state index in [0.717, 1.165) is 0 Å². The molecule has 1 heterocycles. The molecule has 0 aromatic rings. The van der Waals surface area contributed by atoms with E-state index in [-0.39, 0.29) is 10.7 Å². The summed E-state index contributed by atoms with van der Waals surface area (Å²) in [5.41, 5.74) is 5.50. The number of hydrogen-bond acceptors (Lipinski definition) is 4. The van der Waals surface area contributed by atoms with Crippen LogP contribution in [0.25, 0.3) is 0 Å². The molecule has 0 bridgehead atoms. The lowest BCUT2D eigenvalue weighted by Crippen LogP contribution is -2.46. The first-order valence-electron chi connectivity index (χ1n) is 6.60. The van der Waals surface area contributed by atoms with Crippen LogP contribution in [-0.2, 0) is 14.8 Å². The van der Waals surface area contributed by atoms with Gasteiger partial charge in [0.1, 0.15) is 0 Å². The van der Waals surface area contributed by atoms with Gasteiger partial charge in [-0.15, -0.1) is 0 Å². The Kier molecular flexibility index (Phi) is 5.58. The molecule has 0 amide bonds. The van der Waals surface area contributed by atoms with Gasteiger partial charge in [0.25, 0.3) is 0 Å². The Bertz CT molecular complexity index is 348. The topological polar surface area (TPSA) is 72.6 Å². The van der Waals surface area contributed by atoms with Crippen molar-refractivity contribution in [1.29, 1.82) is 0 Å². The van der Waals surface area contributed by atoms with Crippen LogP contribution in [-0.4, -0.2) is 50.8 Å². The average Bonchev–Trinajstić information content (AvgIpc) is 2.37. The third-order valence-corrected chi connectivity index (χ3v) is 5.88. The molecule has 0 aliphatic carbocycles. The first-order valence-corrected chi connectivity index (χ1v) is 8.10.